The number of carbonyl (C=O) groups is 1. The number of ether oxygens (including phenoxy) is 1. The van der Waals surface area contributed by atoms with Gasteiger partial charge in [0.05, 0.1) is 0 Å². The highest BCUT2D eigenvalue weighted by molar-refractivity contribution is 5.81. The zero-order chi connectivity index (χ0) is 10.7. The Morgan fingerprint density at radius 2 is 2.00 bits per heavy atom. The molecule has 3 nitrogen and oxygen atoms in total. The molecule has 0 spiro atoms. The third-order valence-corrected chi connectivity index (χ3v) is 3.66. The van der Waals surface area contributed by atoms with Crippen LogP contribution in [-0.2, 0) is 9.53 Å². The minimum Gasteiger partial charge on any atom is -0.368 e. The monoisotopic (exact) mass is 211 g/mol. The lowest BCUT2D eigenvalue weighted by molar-refractivity contribution is -0.131. The first-order chi connectivity index (χ1) is 7.27. The molecule has 1 N–H and O–H groups in total. The summed E-state index contributed by atoms with van der Waals surface area (Å²) in [7, 11) is 0. The fourth-order valence-electron chi connectivity index (χ4n) is 2.59. The molecule has 2 fully saturated rings. The van der Waals surface area contributed by atoms with Crippen LogP contribution in [0.5, 0.6) is 0 Å². The summed E-state index contributed by atoms with van der Waals surface area (Å²) in [5, 5.41) is 3.15. The van der Waals surface area contributed by atoms with E-state index in [0.29, 0.717) is 12.0 Å². The van der Waals surface area contributed by atoms with E-state index in [1.807, 2.05) is 0 Å². The van der Waals surface area contributed by atoms with E-state index in [-0.39, 0.29) is 12.0 Å². The second-order valence-corrected chi connectivity index (χ2v) is 4.88. The van der Waals surface area contributed by atoms with Crippen LogP contribution >= 0.6 is 0 Å². The Labute approximate surface area is 91.6 Å². The van der Waals surface area contributed by atoms with Crippen LogP contribution in [0.3, 0.4) is 0 Å². The van der Waals surface area contributed by atoms with E-state index < -0.39 is 0 Å². The van der Waals surface area contributed by atoms with Gasteiger partial charge in [0.25, 0.3) is 0 Å². The Bertz CT molecular complexity index is 224. The van der Waals surface area contributed by atoms with Gasteiger partial charge in [-0.3, -0.25) is 4.79 Å². The van der Waals surface area contributed by atoms with E-state index in [1.165, 1.54) is 19.3 Å². The first kappa shape index (κ1) is 10.9. The molecule has 2 aliphatic rings. The lowest BCUT2D eigenvalue weighted by atomic mass is 9.86. The summed E-state index contributed by atoms with van der Waals surface area (Å²) in [5.41, 5.74) is 0. The van der Waals surface area contributed by atoms with Crippen LogP contribution in [0.4, 0.5) is 0 Å². The van der Waals surface area contributed by atoms with Crippen molar-refractivity contribution in [3.05, 3.63) is 0 Å². The molecule has 15 heavy (non-hydrogen) atoms. The van der Waals surface area contributed by atoms with Gasteiger partial charge in [0.1, 0.15) is 6.10 Å². The maximum absolute atomic E-state index is 11.8. The summed E-state index contributed by atoms with van der Waals surface area (Å²) in [6.07, 6.45) is 6.70. The highest BCUT2D eigenvalue weighted by Gasteiger charge is 2.28. The van der Waals surface area contributed by atoms with Crippen molar-refractivity contribution < 1.29 is 9.53 Å². The highest BCUT2D eigenvalue weighted by Crippen LogP contribution is 2.24. The van der Waals surface area contributed by atoms with Crippen molar-refractivity contribution in [3.8, 4) is 0 Å². The summed E-state index contributed by atoms with van der Waals surface area (Å²) in [6, 6.07) is 0.385. The van der Waals surface area contributed by atoms with Gasteiger partial charge < -0.3 is 10.1 Å². The number of hydrogen-bond donors (Lipinski definition) is 1. The molecule has 0 bridgehead atoms. The Balaban J connectivity index is 1.81. The van der Waals surface area contributed by atoms with E-state index in [1.54, 1.807) is 0 Å². The average Bonchev–Trinajstić information content (AvgIpc) is 2.74. The average molecular weight is 211 g/mol. The molecule has 0 unspecified atom stereocenters. The Morgan fingerprint density at radius 1 is 1.20 bits per heavy atom. The maximum Gasteiger partial charge on any atom is 0.249 e. The van der Waals surface area contributed by atoms with Crippen LogP contribution < -0.4 is 5.32 Å². The number of carbonyl (C=O) groups excluding carboxylic acids is 1. The largest absolute Gasteiger partial charge is 0.368 e. The summed E-state index contributed by atoms with van der Waals surface area (Å²) >= 11 is 0. The smallest absolute Gasteiger partial charge is 0.249 e. The molecular formula is C12H21NO2. The van der Waals surface area contributed by atoms with Crippen molar-refractivity contribution in [1.82, 2.24) is 5.32 Å². The van der Waals surface area contributed by atoms with Crippen LogP contribution in [0.25, 0.3) is 0 Å². The third-order valence-electron chi connectivity index (χ3n) is 3.66. The van der Waals surface area contributed by atoms with Gasteiger partial charge in [-0.15, -0.1) is 0 Å². The lowest BCUT2D eigenvalue weighted by Crippen LogP contribution is -2.45. The molecule has 3 atom stereocenters. The summed E-state index contributed by atoms with van der Waals surface area (Å²) < 4.78 is 5.38. The SMILES string of the molecule is C[C@@H]1CCCC[C@H]1NC(=O)[C@@H]1CCCO1. The molecule has 0 aromatic carbocycles. The van der Waals surface area contributed by atoms with Gasteiger partial charge >= 0.3 is 0 Å². The first-order valence-electron chi connectivity index (χ1n) is 6.19. The fraction of sp³-hybridized carbons (Fsp3) is 0.917. The lowest BCUT2D eigenvalue weighted by Gasteiger charge is -2.30. The van der Waals surface area contributed by atoms with Gasteiger partial charge in [-0.25, -0.2) is 0 Å². The second-order valence-electron chi connectivity index (χ2n) is 4.88. The van der Waals surface area contributed by atoms with Crippen LogP contribution in [-0.4, -0.2) is 24.7 Å². The molecule has 1 amide bonds. The Hall–Kier alpha value is -0.570. The molecule has 86 valence electrons. The third kappa shape index (κ3) is 2.71. The van der Waals surface area contributed by atoms with E-state index in [2.05, 4.69) is 12.2 Å². The quantitative estimate of drug-likeness (QED) is 0.757. The normalized spacial score (nSPS) is 36.5. The number of rotatable bonds is 2. The molecule has 0 aromatic rings. The topological polar surface area (TPSA) is 38.3 Å². The molecule has 1 aliphatic heterocycles. The van der Waals surface area contributed by atoms with E-state index in [4.69, 9.17) is 4.74 Å². The zero-order valence-corrected chi connectivity index (χ0v) is 9.50. The zero-order valence-electron chi connectivity index (χ0n) is 9.50. The van der Waals surface area contributed by atoms with E-state index in [9.17, 15) is 4.79 Å². The minimum atomic E-state index is -0.167. The van der Waals surface area contributed by atoms with Gasteiger partial charge in [-0.1, -0.05) is 19.8 Å². The van der Waals surface area contributed by atoms with Gasteiger partial charge in [0, 0.05) is 12.6 Å². The molecule has 3 heteroatoms. The molecule has 0 aromatic heterocycles. The van der Waals surface area contributed by atoms with E-state index >= 15 is 0 Å². The van der Waals surface area contributed by atoms with Gasteiger partial charge in [0.15, 0.2) is 0 Å². The minimum absolute atomic E-state index is 0.117. The van der Waals surface area contributed by atoms with Crippen molar-refractivity contribution >= 4 is 5.91 Å². The first-order valence-corrected chi connectivity index (χ1v) is 6.19. The highest BCUT2D eigenvalue weighted by atomic mass is 16.5. The molecule has 1 saturated carbocycles. The fourth-order valence-corrected chi connectivity index (χ4v) is 2.59. The molecule has 1 heterocycles. The molecule has 0 radical (unpaired) electrons. The van der Waals surface area contributed by atoms with Crippen molar-refractivity contribution in [3.63, 3.8) is 0 Å². The standard InChI is InChI=1S/C12H21NO2/c1-9-5-2-3-6-10(9)13-12(14)11-7-4-8-15-11/h9-11H,2-8H2,1H3,(H,13,14)/t9-,10-,11+/m1/s1. The maximum atomic E-state index is 11.8. The van der Waals surface area contributed by atoms with E-state index in [0.717, 1.165) is 25.9 Å². The van der Waals surface area contributed by atoms with Gasteiger partial charge in [-0.05, 0) is 31.6 Å². The number of hydrogen-bond acceptors (Lipinski definition) is 2. The van der Waals surface area contributed by atoms with Crippen molar-refractivity contribution in [1.29, 1.82) is 0 Å². The van der Waals surface area contributed by atoms with Gasteiger partial charge in [-0.2, -0.15) is 0 Å². The van der Waals surface area contributed by atoms with Crippen LogP contribution in [0, 0.1) is 5.92 Å². The number of nitrogens with one attached hydrogen (secondary N) is 1. The van der Waals surface area contributed by atoms with Crippen molar-refractivity contribution in [2.75, 3.05) is 6.61 Å². The van der Waals surface area contributed by atoms with Crippen LogP contribution in [0.1, 0.15) is 45.4 Å². The molecule has 2 rings (SSSR count). The Morgan fingerprint density at radius 3 is 2.67 bits per heavy atom. The summed E-state index contributed by atoms with van der Waals surface area (Å²) in [6.45, 7) is 2.98. The van der Waals surface area contributed by atoms with Gasteiger partial charge in [0.2, 0.25) is 5.91 Å². The molecule has 1 saturated heterocycles. The molecule has 1 aliphatic carbocycles. The number of amides is 1. The van der Waals surface area contributed by atoms with Crippen molar-refractivity contribution in [2.24, 2.45) is 5.92 Å². The second kappa shape index (κ2) is 4.97. The predicted molar refractivity (Wildman–Crippen MR) is 58.5 cm³/mol. The van der Waals surface area contributed by atoms with Crippen molar-refractivity contribution in [2.45, 2.75) is 57.6 Å². The summed E-state index contributed by atoms with van der Waals surface area (Å²) in [5.74, 6) is 0.746. The predicted octanol–water partition coefficient (Wildman–Crippen LogP) is 1.86. The molecular weight excluding hydrogens is 190 g/mol. The summed E-state index contributed by atoms with van der Waals surface area (Å²) in [4.78, 5) is 11.8. The Kier molecular flexibility index (Phi) is 3.62. The van der Waals surface area contributed by atoms with Crippen LogP contribution in [0.2, 0.25) is 0 Å². The van der Waals surface area contributed by atoms with Crippen LogP contribution in [0.15, 0.2) is 0 Å².